The summed E-state index contributed by atoms with van der Waals surface area (Å²) < 4.78 is 0. The highest BCUT2D eigenvalue weighted by molar-refractivity contribution is 6.31. The number of amides is 4. The van der Waals surface area contributed by atoms with Crippen molar-refractivity contribution < 1.29 is 14.4 Å². The van der Waals surface area contributed by atoms with E-state index in [0.29, 0.717) is 44.2 Å². The van der Waals surface area contributed by atoms with Crippen molar-refractivity contribution in [2.45, 2.75) is 38.8 Å². The molecule has 0 saturated carbocycles. The number of nitrogens with one attached hydrogen (secondary N) is 2. The van der Waals surface area contributed by atoms with Crippen LogP contribution in [-0.2, 0) is 16.1 Å². The van der Waals surface area contributed by atoms with E-state index in [2.05, 4.69) is 10.3 Å². The molecule has 2 saturated heterocycles. The zero-order valence-electron chi connectivity index (χ0n) is 18.6. The third kappa shape index (κ3) is 4.85. The topological polar surface area (TPSA) is 88.8 Å². The lowest BCUT2D eigenvalue weighted by molar-refractivity contribution is -0.137. The fourth-order valence-electron chi connectivity index (χ4n) is 4.70. The van der Waals surface area contributed by atoms with E-state index in [9.17, 15) is 14.4 Å². The van der Waals surface area contributed by atoms with Gasteiger partial charge in [-0.05, 0) is 43.5 Å². The standard InChI is InChI=1S/C23H30ClN5O3/c1-15(30)28-9-7-16(13-28)22(31)29-8-3-4-20(14-29)27(2)23(32)25-12-19-11-17-10-18(24)5-6-21(17)26-19/h5-6,10-11,16,20,26H,3-4,7-9,12-14H2,1-2H3,(H,25,32)/t16?,20-/m1/s1. The highest BCUT2D eigenvalue weighted by Gasteiger charge is 2.35. The molecular weight excluding hydrogens is 430 g/mol. The molecule has 0 bridgehead atoms. The van der Waals surface area contributed by atoms with Gasteiger partial charge in [0.1, 0.15) is 0 Å². The Balaban J connectivity index is 1.31. The molecule has 9 heteroatoms. The summed E-state index contributed by atoms with van der Waals surface area (Å²) in [5.74, 6) is -0.0115. The molecule has 172 valence electrons. The molecule has 2 N–H and O–H groups in total. The van der Waals surface area contributed by atoms with Gasteiger partial charge in [0.2, 0.25) is 11.8 Å². The Morgan fingerprint density at radius 3 is 2.72 bits per heavy atom. The second-order valence-corrected chi connectivity index (χ2v) is 9.26. The summed E-state index contributed by atoms with van der Waals surface area (Å²) in [6.07, 6.45) is 2.44. The number of halogens is 1. The number of hydrogen-bond acceptors (Lipinski definition) is 3. The minimum atomic E-state index is -0.162. The predicted molar refractivity (Wildman–Crippen MR) is 123 cm³/mol. The molecule has 2 atom stereocenters. The maximum absolute atomic E-state index is 13.0. The van der Waals surface area contributed by atoms with E-state index >= 15 is 0 Å². The second kappa shape index (κ2) is 9.40. The van der Waals surface area contributed by atoms with Crippen LogP contribution >= 0.6 is 11.6 Å². The summed E-state index contributed by atoms with van der Waals surface area (Å²) in [4.78, 5) is 45.9. The Kier molecular flexibility index (Phi) is 6.60. The van der Waals surface area contributed by atoms with Crippen LogP contribution in [0.5, 0.6) is 0 Å². The van der Waals surface area contributed by atoms with Crippen molar-refractivity contribution in [1.82, 2.24) is 25.0 Å². The molecule has 2 aliphatic heterocycles. The molecule has 2 aromatic rings. The van der Waals surface area contributed by atoms with E-state index in [4.69, 9.17) is 11.6 Å². The molecule has 4 amide bonds. The Morgan fingerprint density at radius 2 is 1.97 bits per heavy atom. The summed E-state index contributed by atoms with van der Waals surface area (Å²) >= 11 is 6.04. The second-order valence-electron chi connectivity index (χ2n) is 8.83. The van der Waals surface area contributed by atoms with E-state index < -0.39 is 0 Å². The summed E-state index contributed by atoms with van der Waals surface area (Å²) in [5.41, 5.74) is 1.88. The van der Waals surface area contributed by atoms with Crippen LogP contribution in [0.3, 0.4) is 0 Å². The van der Waals surface area contributed by atoms with Crippen molar-refractivity contribution >= 4 is 40.3 Å². The van der Waals surface area contributed by atoms with Gasteiger partial charge in [-0.25, -0.2) is 4.79 Å². The average molecular weight is 460 g/mol. The maximum atomic E-state index is 13.0. The zero-order chi connectivity index (χ0) is 22.8. The van der Waals surface area contributed by atoms with Crippen molar-refractivity contribution in [3.63, 3.8) is 0 Å². The van der Waals surface area contributed by atoms with Gasteiger partial charge < -0.3 is 25.0 Å². The summed E-state index contributed by atoms with van der Waals surface area (Å²) in [6.45, 7) is 4.31. The number of hydrogen-bond donors (Lipinski definition) is 2. The molecule has 1 aromatic heterocycles. The highest BCUT2D eigenvalue weighted by atomic mass is 35.5. The smallest absolute Gasteiger partial charge is 0.317 e. The molecule has 2 fully saturated rings. The normalized spacial score (nSPS) is 21.1. The van der Waals surface area contributed by atoms with Crippen molar-refractivity contribution in [3.05, 3.63) is 35.0 Å². The quantitative estimate of drug-likeness (QED) is 0.736. The maximum Gasteiger partial charge on any atom is 0.317 e. The number of fused-ring (bicyclic) bond motifs is 1. The van der Waals surface area contributed by atoms with E-state index in [-0.39, 0.29) is 29.8 Å². The van der Waals surface area contributed by atoms with Crippen molar-refractivity contribution in [2.75, 3.05) is 33.2 Å². The van der Waals surface area contributed by atoms with E-state index in [0.717, 1.165) is 29.4 Å². The van der Waals surface area contributed by atoms with E-state index in [1.54, 1.807) is 23.8 Å². The van der Waals surface area contributed by atoms with Crippen molar-refractivity contribution in [2.24, 2.45) is 5.92 Å². The van der Waals surface area contributed by atoms with Crippen LogP contribution in [0.25, 0.3) is 10.9 Å². The third-order valence-electron chi connectivity index (χ3n) is 6.63. The van der Waals surface area contributed by atoms with E-state index in [1.165, 1.54) is 0 Å². The fraction of sp³-hybridized carbons (Fsp3) is 0.522. The van der Waals surface area contributed by atoms with Crippen LogP contribution in [0.1, 0.15) is 31.9 Å². The number of carbonyl (C=O) groups is 3. The first kappa shape index (κ1) is 22.5. The minimum Gasteiger partial charge on any atom is -0.357 e. The van der Waals surface area contributed by atoms with E-state index in [1.807, 2.05) is 29.2 Å². The highest BCUT2D eigenvalue weighted by Crippen LogP contribution is 2.23. The molecule has 3 heterocycles. The lowest BCUT2D eigenvalue weighted by Crippen LogP contribution is -2.53. The van der Waals surface area contributed by atoms with Crippen LogP contribution < -0.4 is 5.32 Å². The molecule has 2 aliphatic rings. The Labute approximate surface area is 192 Å². The molecule has 0 radical (unpaired) electrons. The number of nitrogens with zero attached hydrogens (tertiary/aromatic N) is 3. The number of benzene rings is 1. The first-order valence-electron chi connectivity index (χ1n) is 11.1. The number of likely N-dealkylation sites (tertiary alicyclic amines) is 2. The van der Waals surface area contributed by atoms with Crippen molar-refractivity contribution in [3.8, 4) is 0 Å². The predicted octanol–water partition coefficient (Wildman–Crippen LogP) is 2.82. The fourth-order valence-corrected chi connectivity index (χ4v) is 4.88. The lowest BCUT2D eigenvalue weighted by Gasteiger charge is -2.38. The first-order valence-corrected chi connectivity index (χ1v) is 11.5. The average Bonchev–Trinajstić information content (AvgIpc) is 3.43. The zero-order valence-corrected chi connectivity index (χ0v) is 19.3. The minimum absolute atomic E-state index is 0.0197. The number of piperidine rings is 1. The third-order valence-corrected chi connectivity index (χ3v) is 6.86. The van der Waals surface area contributed by atoms with Gasteiger partial charge in [0.05, 0.1) is 18.5 Å². The van der Waals surface area contributed by atoms with Crippen LogP contribution in [0, 0.1) is 5.92 Å². The monoisotopic (exact) mass is 459 g/mol. The van der Waals surface area contributed by atoms with Crippen molar-refractivity contribution in [1.29, 1.82) is 0 Å². The molecule has 1 unspecified atom stereocenters. The van der Waals surface area contributed by atoms with Gasteiger partial charge in [-0.3, -0.25) is 9.59 Å². The molecule has 0 spiro atoms. The number of likely N-dealkylation sites (N-methyl/N-ethyl adjacent to an activating group) is 1. The lowest BCUT2D eigenvalue weighted by atomic mass is 10.0. The van der Waals surface area contributed by atoms with Gasteiger partial charge in [0.15, 0.2) is 0 Å². The van der Waals surface area contributed by atoms with Crippen LogP contribution in [0.4, 0.5) is 4.79 Å². The van der Waals surface area contributed by atoms with Gasteiger partial charge in [-0.2, -0.15) is 0 Å². The molecular formula is C23H30ClN5O3. The molecule has 32 heavy (non-hydrogen) atoms. The van der Waals surface area contributed by atoms with Crippen LogP contribution in [0.2, 0.25) is 5.02 Å². The number of rotatable bonds is 4. The van der Waals surface area contributed by atoms with Crippen LogP contribution in [0.15, 0.2) is 24.3 Å². The molecule has 1 aromatic carbocycles. The Bertz CT molecular complexity index is 1020. The summed E-state index contributed by atoms with van der Waals surface area (Å²) in [5, 5.41) is 4.65. The van der Waals surface area contributed by atoms with Gasteiger partial charge in [0.25, 0.3) is 0 Å². The Morgan fingerprint density at radius 1 is 1.16 bits per heavy atom. The number of H-pyrrole nitrogens is 1. The van der Waals surface area contributed by atoms with Gasteiger partial charge in [-0.15, -0.1) is 0 Å². The van der Waals surface area contributed by atoms with Gasteiger partial charge >= 0.3 is 6.03 Å². The molecule has 4 rings (SSSR count). The number of aromatic amines is 1. The van der Waals surface area contributed by atoms with Crippen LogP contribution in [-0.4, -0.2) is 76.8 Å². The first-order chi connectivity index (χ1) is 15.3. The SMILES string of the molecule is CC(=O)N1CCC(C(=O)N2CCC[C@@H](N(C)C(=O)NCc3cc4cc(Cl)ccc4[nH]3)C2)C1. The van der Waals surface area contributed by atoms with Gasteiger partial charge in [-0.1, -0.05) is 11.6 Å². The molecule has 0 aliphatic carbocycles. The summed E-state index contributed by atoms with van der Waals surface area (Å²) in [7, 11) is 1.78. The number of urea groups is 1. The molecule has 8 nitrogen and oxygen atoms in total. The Hall–Kier alpha value is -2.74. The van der Waals surface area contributed by atoms with Gasteiger partial charge in [0, 0.05) is 61.8 Å². The largest absolute Gasteiger partial charge is 0.357 e. The number of carbonyl (C=O) groups excluding carboxylic acids is 3. The summed E-state index contributed by atoms with van der Waals surface area (Å²) in [6, 6.07) is 7.43. The number of aromatic nitrogens is 1.